The molecule has 0 spiro atoms. The zero-order valence-electron chi connectivity index (χ0n) is 27.2. The second-order valence-electron chi connectivity index (χ2n) is 12.9. The Hall–Kier alpha value is -4.75. The summed E-state index contributed by atoms with van der Waals surface area (Å²) in [5.74, 6) is 0.573. The van der Waals surface area contributed by atoms with Gasteiger partial charge in [0.15, 0.2) is 5.82 Å². The first kappa shape index (κ1) is 31.8. The summed E-state index contributed by atoms with van der Waals surface area (Å²) in [6.07, 6.45) is 3.66. The van der Waals surface area contributed by atoms with E-state index in [0.717, 1.165) is 59.6 Å². The summed E-state index contributed by atoms with van der Waals surface area (Å²) in [6, 6.07) is 12.3. The molecule has 4 N–H and O–H groups in total. The number of hydrogen-bond acceptors (Lipinski definition) is 10. The highest BCUT2D eigenvalue weighted by molar-refractivity contribution is 6.33. The number of hydrogen-bond donors (Lipinski definition) is 4. The van der Waals surface area contributed by atoms with Gasteiger partial charge in [-0.1, -0.05) is 18.5 Å². The third kappa shape index (κ3) is 6.15. The van der Waals surface area contributed by atoms with E-state index >= 15 is 0 Å². The van der Waals surface area contributed by atoms with Gasteiger partial charge in [-0.3, -0.25) is 24.4 Å². The number of nitrogens with zero attached hydrogens (tertiary/aromatic N) is 6. The van der Waals surface area contributed by atoms with E-state index in [1.807, 2.05) is 49.3 Å². The van der Waals surface area contributed by atoms with Gasteiger partial charge in [0, 0.05) is 68.1 Å². The Morgan fingerprint density at radius 2 is 1.92 bits per heavy atom. The Kier molecular flexibility index (Phi) is 8.65. The predicted octanol–water partition coefficient (Wildman–Crippen LogP) is 3.72. The van der Waals surface area contributed by atoms with Gasteiger partial charge in [-0.15, -0.1) is 0 Å². The molecule has 250 valence electrons. The fraction of sp³-hybridized carbons (Fsp3) is 0.412. The Labute approximate surface area is 283 Å². The number of likely N-dealkylation sites (N-methyl/N-ethyl adjacent to an activating group) is 1. The molecule has 5 heterocycles. The molecule has 48 heavy (non-hydrogen) atoms. The summed E-state index contributed by atoms with van der Waals surface area (Å²) in [7, 11) is 3.76. The number of nitrogens with one attached hydrogen (secondary N) is 4. The van der Waals surface area contributed by atoms with E-state index < -0.39 is 5.92 Å². The third-order valence-corrected chi connectivity index (χ3v) is 9.86. The van der Waals surface area contributed by atoms with Crippen LogP contribution in [-0.4, -0.2) is 76.7 Å². The number of aryl methyl sites for hydroxylation is 1. The van der Waals surface area contributed by atoms with Crippen LogP contribution >= 0.6 is 11.6 Å². The quantitative estimate of drug-likeness (QED) is 0.194. The average molecular weight is 671 g/mol. The van der Waals surface area contributed by atoms with Gasteiger partial charge in [-0.25, -0.2) is 4.98 Å². The molecule has 3 aliphatic heterocycles. The van der Waals surface area contributed by atoms with Crippen LogP contribution in [0.15, 0.2) is 42.6 Å². The zero-order valence-corrected chi connectivity index (χ0v) is 28.0. The SMILES string of the molecule is CNCCN1C(=O)Cc2cc(Nc3nc(N4CC[C@@H](Nc5ccc6c([C@@H]7CCC(=O)NC7=O)nn(C)c6c5)[C@H](C)C4)ncc3Cl)ccc21. The van der Waals surface area contributed by atoms with Crippen molar-refractivity contribution in [1.82, 2.24) is 30.4 Å². The van der Waals surface area contributed by atoms with Crippen molar-refractivity contribution < 1.29 is 14.4 Å². The summed E-state index contributed by atoms with van der Waals surface area (Å²) in [4.78, 5) is 50.1. The van der Waals surface area contributed by atoms with E-state index in [4.69, 9.17) is 16.6 Å². The van der Waals surface area contributed by atoms with Crippen LogP contribution in [0.1, 0.15) is 43.4 Å². The van der Waals surface area contributed by atoms with Crippen molar-refractivity contribution in [2.24, 2.45) is 13.0 Å². The van der Waals surface area contributed by atoms with Crippen molar-refractivity contribution in [1.29, 1.82) is 0 Å². The monoisotopic (exact) mass is 670 g/mol. The largest absolute Gasteiger partial charge is 0.382 e. The molecule has 2 saturated heterocycles. The molecule has 0 bridgehead atoms. The van der Waals surface area contributed by atoms with Crippen molar-refractivity contribution in [3.63, 3.8) is 0 Å². The molecular weight excluding hydrogens is 632 g/mol. The lowest BCUT2D eigenvalue weighted by Gasteiger charge is -2.37. The molecule has 2 fully saturated rings. The van der Waals surface area contributed by atoms with Crippen LogP contribution < -0.4 is 31.1 Å². The number of halogens is 1. The molecule has 0 radical (unpaired) electrons. The number of aromatic nitrogens is 4. The van der Waals surface area contributed by atoms with Gasteiger partial charge in [0.1, 0.15) is 5.02 Å². The lowest BCUT2D eigenvalue weighted by atomic mass is 9.92. The molecule has 2 aromatic heterocycles. The first-order valence-electron chi connectivity index (χ1n) is 16.4. The number of carbonyl (C=O) groups excluding carboxylic acids is 3. The standard InChI is InChI=1S/C34H39ClN10O3/c1-19-18-44(34-37-17-25(35)32(41-34)39-21-5-8-27-20(14-21)15-30(47)45(27)13-11-36-2)12-10-26(19)38-22-4-6-23-28(16-22)43(3)42-31(23)24-7-9-29(46)40-33(24)48/h4-6,8,14,16-17,19,24,26,36,38H,7,9-13,15,18H2,1-3H3,(H,37,39,41)(H,40,46,48)/t19-,24+,26-/m1/s1. The highest BCUT2D eigenvalue weighted by atomic mass is 35.5. The van der Waals surface area contributed by atoms with Crippen molar-refractivity contribution in [2.75, 3.05) is 53.7 Å². The van der Waals surface area contributed by atoms with Gasteiger partial charge in [0.2, 0.25) is 23.7 Å². The minimum atomic E-state index is -0.432. The van der Waals surface area contributed by atoms with Crippen LogP contribution in [0.4, 0.5) is 28.8 Å². The number of anilines is 5. The van der Waals surface area contributed by atoms with Gasteiger partial charge < -0.3 is 25.8 Å². The highest BCUT2D eigenvalue weighted by Crippen LogP contribution is 2.35. The molecule has 3 amide bonds. The van der Waals surface area contributed by atoms with Crippen molar-refractivity contribution in [3.05, 3.63) is 58.9 Å². The number of carbonyl (C=O) groups is 3. The minimum Gasteiger partial charge on any atom is -0.382 e. The number of amides is 3. The summed E-state index contributed by atoms with van der Waals surface area (Å²) in [6.45, 7) is 5.10. The van der Waals surface area contributed by atoms with E-state index in [-0.39, 0.29) is 29.7 Å². The van der Waals surface area contributed by atoms with Crippen LogP contribution in [-0.2, 0) is 27.9 Å². The fourth-order valence-electron chi connectivity index (χ4n) is 7.01. The van der Waals surface area contributed by atoms with Crippen LogP contribution in [0.25, 0.3) is 10.9 Å². The summed E-state index contributed by atoms with van der Waals surface area (Å²) < 4.78 is 1.80. The molecule has 0 unspecified atom stereocenters. The summed E-state index contributed by atoms with van der Waals surface area (Å²) in [5.41, 5.74) is 5.36. The third-order valence-electron chi connectivity index (χ3n) is 9.58. The van der Waals surface area contributed by atoms with Gasteiger partial charge in [-0.05, 0) is 67.8 Å². The predicted molar refractivity (Wildman–Crippen MR) is 186 cm³/mol. The number of piperidine rings is 2. The van der Waals surface area contributed by atoms with Gasteiger partial charge >= 0.3 is 0 Å². The maximum absolute atomic E-state index is 12.6. The first-order valence-corrected chi connectivity index (χ1v) is 16.8. The van der Waals surface area contributed by atoms with Crippen LogP contribution in [0.5, 0.6) is 0 Å². The summed E-state index contributed by atoms with van der Waals surface area (Å²) >= 11 is 6.53. The second-order valence-corrected chi connectivity index (χ2v) is 13.3. The number of benzene rings is 2. The molecule has 0 aliphatic carbocycles. The average Bonchev–Trinajstić information content (AvgIpc) is 3.56. The number of rotatable bonds is 9. The Morgan fingerprint density at radius 1 is 1.08 bits per heavy atom. The van der Waals surface area contributed by atoms with E-state index in [1.165, 1.54) is 0 Å². The van der Waals surface area contributed by atoms with Crippen molar-refractivity contribution in [2.45, 2.75) is 44.6 Å². The molecule has 2 aromatic carbocycles. The fourth-order valence-corrected chi connectivity index (χ4v) is 7.15. The van der Waals surface area contributed by atoms with Gasteiger partial charge in [0.05, 0.1) is 29.7 Å². The highest BCUT2D eigenvalue weighted by Gasteiger charge is 2.32. The molecular formula is C34H39ClN10O3. The lowest BCUT2D eigenvalue weighted by Crippen LogP contribution is -2.46. The molecule has 14 heteroatoms. The van der Waals surface area contributed by atoms with Crippen LogP contribution in [0.2, 0.25) is 5.02 Å². The van der Waals surface area contributed by atoms with Crippen LogP contribution in [0.3, 0.4) is 0 Å². The first-order chi connectivity index (χ1) is 23.2. The topological polar surface area (TPSA) is 149 Å². The van der Waals surface area contributed by atoms with Crippen molar-refractivity contribution >= 4 is 69.1 Å². The maximum Gasteiger partial charge on any atom is 0.235 e. The molecule has 0 saturated carbocycles. The van der Waals surface area contributed by atoms with E-state index in [1.54, 1.807) is 10.9 Å². The van der Waals surface area contributed by atoms with E-state index in [9.17, 15) is 14.4 Å². The lowest BCUT2D eigenvalue weighted by molar-refractivity contribution is -0.134. The molecule has 4 aromatic rings. The minimum absolute atomic E-state index is 0.100. The molecule has 3 aliphatic rings. The van der Waals surface area contributed by atoms with Crippen LogP contribution in [0, 0.1) is 5.92 Å². The Morgan fingerprint density at radius 3 is 2.71 bits per heavy atom. The smallest absolute Gasteiger partial charge is 0.235 e. The Balaban J connectivity index is 1.01. The zero-order chi connectivity index (χ0) is 33.5. The van der Waals surface area contributed by atoms with Gasteiger partial charge in [0.25, 0.3) is 0 Å². The van der Waals surface area contributed by atoms with E-state index in [2.05, 4.69) is 49.2 Å². The van der Waals surface area contributed by atoms with E-state index in [0.29, 0.717) is 48.3 Å². The van der Waals surface area contributed by atoms with Crippen molar-refractivity contribution in [3.8, 4) is 0 Å². The molecule has 7 rings (SSSR count). The Bertz CT molecular complexity index is 1910. The van der Waals surface area contributed by atoms with Gasteiger partial charge in [-0.2, -0.15) is 10.1 Å². The number of fused-ring (bicyclic) bond motifs is 2. The maximum atomic E-state index is 12.6. The molecule has 3 atom stereocenters. The summed E-state index contributed by atoms with van der Waals surface area (Å²) in [5, 5.41) is 18.6. The normalized spacial score (nSPS) is 21.1. The second kappa shape index (κ2) is 13.0. The number of imide groups is 1. The molecule has 13 nitrogen and oxygen atoms in total.